The van der Waals surface area contributed by atoms with Crippen molar-refractivity contribution >= 4 is 40.8 Å². The normalized spacial score (nSPS) is 11.9. The van der Waals surface area contributed by atoms with Crippen LogP contribution in [0.1, 0.15) is 19.3 Å². The lowest BCUT2D eigenvalue weighted by Crippen LogP contribution is -2.30. The van der Waals surface area contributed by atoms with Crippen LogP contribution in [0.3, 0.4) is 0 Å². The molecule has 0 aliphatic rings. The third-order valence-electron chi connectivity index (χ3n) is 1.32. The van der Waals surface area contributed by atoms with Gasteiger partial charge in [-0.05, 0) is 12.8 Å². The average molecular weight is 264 g/mol. The van der Waals surface area contributed by atoms with Gasteiger partial charge >= 0.3 is 5.97 Å². The van der Waals surface area contributed by atoms with Crippen LogP contribution in [0.15, 0.2) is 0 Å². The zero-order valence-corrected chi connectivity index (χ0v) is 9.78. The first-order valence-corrected chi connectivity index (χ1v) is 5.18. The second-order valence-corrected chi connectivity index (χ2v) is 5.35. The molecule has 4 N–H and O–H groups in total. The van der Waals surface area contributed by atoms with Gasteiger partial charge in [0, 0.05) is 6.42 Å². The summed E-state index contributed by atoms with van der Waals surface area (Å²) in [4.78, 5) is 11.0. The Balaban J connectivity index is 3.47. The maximum atomic E-state index is 11.0. The number of nitrogens with two attached hydrogens (primary N) is 2. The van der Waals surface area contributed by atoms with E-state index in [0.29, 0.717) is 12.8 Å². The van der Waals surface area contributed by atoms with Crippen LogP contribution in [-0.4, -0.2) is 22.5 Å². The summed E-state index contributed by atoms with van der Waals surface area (Å²) in [6, 6.07) is 0. The Hall–Kier alpha value is 0.260. The van der Waals surface area contributed by atoms with Gasteiger partial charge in [-0.3, -0.25) is 4.79 Å². The summed E-state index contributed by atoms with van der Waals surface area (Å²) in [5.41, 5.74) is 10.6. The van der Waals surface area contributed by atoms with E-state index >= 15 is 0 Å². The van der Waals surface area contributed by atoms with Crippen LogP contribution in [0.4, 0.5) is 0 Å². The van der Waals surface area contributed by atoms with Crippen molar-refractivity contribution in [2.45, 2.75) is 29.2 Å². The molecular weight excluding hydrogens is 250 g/mol. The predicted molar refractivity (Wildman–Crippen MR) is 57.3 cm³/mol. The summed E-state index contributed by atoms with van der Waals surface area (Å²) in [7, 11) is 0. The SMILES string of the molecule is NC(N)CCCC(=O)OCC(Cl)(Cl)Cl. The molecule has 0 aromatic carbocycles. The van der Waals surface area contributed by atoms with Gasteiger partial charge in [0.15, 0.2) is 0 Å². The predicted octanol–water partition coefficient (Wildman–Crippen LogP) is 1.31. The molecule has 0 atom stereocenters. The molecule has 0 heterocycles. The summed E-state index contributed by atoms with van der Waals surface area (Å²) in [5.74, 6) is -0.419. The summed E-state index contributed by atoms with van der Waals surface area (Å²) < 4.78 is 3.12. The van der Waals surface area contributed by atoms with Crippen molar-refractivity contribution in [1.82, 2.24) is 0 Å². The molecule has 0 bridgehead atoms. The van der Waals surface area contributed by atoms with Gasteiger partial charge in [-0.25, -0.2) is 0 Å². The Labute approximate surface area is 97.8 Å². The van der Waals surface area contributed by atoms with Crippen molar-refractivity contribution in [3.63, 3.8) is 0 Å². The number of carbonyl (C=O) groups is 1. The van der Waals surface area contributed by atoms with Crippen LogP contribution in [0.5, 0.6) is 0 Å². The van der Waals surface area contributed by atoms with Crippen molar-refractivity contribution in [1.29, 1.82) is 0 Å². The molecule has 0 aliphatic carbocycles. The largest absolute Gasteiger partial charge is 0.461 e. The third-order valence-corrected chi connectivity index (χ3v) is 1.64. The number of alkyl halides is 3. The first-order chi connectivity index (χ1) is 6.31. The minimum absolute atomic E-state index is 0.228. The molecule has 0 amide bonds. The van der Waals surface area contributed by atoms with E-state index < -0.39 is 15.9 Å². The lowest BCUT2D eigenvalue weighted by atomic mass is 10.2. The zero-order valence-electron chi connectivity index (χ0n) is 7.51. The minimum atomic E-state index is -1.56. The molecule has 0 saturated heterocycles. The number of halogens is 3. The number of hydrogen-bond donors (Lipinski definition) is 2. The molecule has 4 nitrogen and oxygen atoms in total. The van der Waals surface area contributed by atoms with Crippen molar-refractivity contribution < 1.29 is 9.53 Å². The Bertz CT molecular complexity index is 182. The van der Waals surface area contributed by atoms with Gasteiger partial charge in [-0.2, -0.15) is 0 Å². The molecule has 0 fully saturated rings. The molecule has 0 unspecified atom stereocenters. The number of carbonyl (C=O) groups excluding carboxylic acids is 1. The highest BCUT2D eigenvalue weighted by Crippen LogP contribution is 2.26. The van der Waals surface area contributed by atoms with Crippen LogP contribution in [-0.2, 0) is 9.53 Å². The second-order valence-electron chi connectivity index (χ2n) is 2.83. The first kappa shape index (κ1) is 14.3. The topological polar surface area (TPSA) is 78.3 Å². The fourth-order valence-corrected chi connectivity index (χ4v) is 0.880. The number of rotatable bonds is 5. The van der Waals surface area contributed by atoms with E-state index in [1.54, 1.807) is 0 Å². The first-order valence-electron chi connectivity index (χ1n) is 4.05. The quantitative estimate of drug-likeness (QED) is 0.445. The molecule has 0 spiro atoms. The fraction of sp³-hybridized carbons (Fsp3) is 0.857. The molecule has 0 rings (SSSR count). The molecule has 0 radical (unpaired) electrons. The Morgan fingerprint density at radius 3 is 2.36 bits per heavy atom. The molecule has 0 saturated carbocycles. The van der Waals surface area contributed by atoms with E-state index in [2.05, 4.69) is 4.74 Å². The molecular formula is C7H13Cl3N2O2. The molecule has 0 aliphatic heterocycles. The van der Waals surface area contributed by atoms with Gasteiger partial charge in [0.25, 0.3) is 0 Å². The van der Waals surface area contributed by atoms with E-state index in [9.17, 15) is 4.79 Å². The monoisotopic (exact) mass is 262 g/mol. The van der Waals surface area contributed by atoms with E-state index in [-0.39, 0.29) is 13.0 Å². The molecule has 14 heavy (non-hydrogen) atoms. The zero-order chi connectivity index (χ0) is 11.2. The van der Waals surface area contributed by atoms with E-state index in [4.69, 9.17) is 46.3 Å². The minimum Gasteiger partial charge on any atom is -0.461 e. The Morgan fingerprint density at radius 2 is 1.93 bits per heavy atom. The van der Waals surface area contributed by atoms with Crippen molar-refractivity contribution in [2.24, 2.45) is 11.5 Å². The van der Waals surface area contributed by atoms with E-state index in [0.717, 1.165) is 0 Å². The van der Waals surface area contributed by atoms with Crippen LogP contribution in [0.25, 0.3) is 0 Å². The third kappa shape index (κ3) is 10.3. The van der Waals surface area contributed by atoms with Gasteiger partial charge in [0.1, 0.15) is 6.61 Å². The summed E-state index contributed by atoms with van der Waals surface area (Å²) in [5, 5.41) is 0. The van der Waals surface area contributed by atoms with Crippen molar-refractivity contribution in [3.05, 3.63) is 0 Å². The Kier molecular flexibility index (Phi) is 6.81. The van der Waals surface area contributed by atoms with Crippen LogP contribution < -0.4 is 11.5 Å². The number of hydrogen-bond acceptors (Lipinski definition) is 4. The van der Waals surface area contributed by atoms with Gasteiger partial charge < -0.3 is 16.2 Å². The summed E-state index contributed by atoms with van der Waals surface area (Å²) in [6.45, 7) is -0.245. The highest BCUT2D eigenvalue weighted by molar-refractivity contribution is 6.67. The Morgan fingerprint density at radius 1 is 1.36 bits per heavy atom. The van der Waals surface area contributed by atoms with Gasteiger partial charge in [-0.1, -0.05) is 34.8 Å². The van der Waals surface area contributed by atoms with Crippen molar-refractivity contribution in [2.75, 3.05) is 6.61 Å². The summed E-state index contributed by atoms with van der Waals surface area (Å²) >= 11 is 16.1. The van der Waals surface area contributed by atoms with Crippen LogP contribution in [0, 0.1) is 0 Å². The number of ether oxygens (including phenoxy) is 1. The summed E-state index contributed by atoms with van der Waals surface area (Å²) in [6.07, 6.45) is 0.946. The number of esters is 1. The smallest absolute Gasteiger partial charge is 0.305 e. The lowest BCUT2D eigenvalue weighted by Gasteiger charge is -2.11. The highest BCUT2D eigenvalue weighted by Gasteiger charge is 2.21. The molecule has 7 heteroatoms. The van der Waals surface area contributed by atoms with Gasteiger partial charge in [0.2, 0.25) is 3.79 Å². The maximum Gasteiger partial charge on any atom is 0.305 e. The fourth-order valence-electron chi connectivity index (χ4n) is 0.717. The van der Waals surface area contributed by atoms with E-state index in [1.807, 2.05) is 0 Å². The van der Waals surface area contributed by atoms with Crippen molar-refractivity contribution in [3.8, 4) is 0 Å². The van der Waals surface area contributed by atoms with Crippen LogP contribution >= 0.6 is 34.8 Å². The standard InChI is InChI=1S/C7H13Cl3N2O2/c8-7(9,10)4-14-6(13)3-1-2-5(11)12/h5H,1-4,11-12H2. The second kappa shape index (κ2) is 6.69. The highest BCUT2D eigenvalue weighted by atomic mass is 35.6. The molecule has 84 valence electrons. The lowest BCUT2D eigenvalue weighted by molar-refractivity contribution is -0.143. The van der Waals surface area contributed by atoms with E-state index in [1.165, 1.54) is 0 Å². The average Bonchev–Trinajstić information content (AvgIpc) is 1.99. The molecule has 0 aromatic heterocycles. The maximum absolute atomic E-state index is 11.0. The molecule has 0 aromatic rings. The van der Waals surface area contributed by atoms with Gasteiger partial charge in [-0.15, -0.1) is 0 Å². The van der Waals surface area contributed by atoms with Crippen LogP contribution in [0.2, 0.25) is 0 Å². The van der Waals surface area contributed by atoms with Gasteiger partial charge in [0.05, 0.1) is 6.17 Å².